The average Bonchev–Trinajstić information content (AvgIpc) is 2.90. The van der Waals surface area contributed by atoms with Gasteiger partial charge in [-0.1, -0.05) is 0 Å². The summed E-state index contributed by atoms with van der Waals surface area (Å²) in [5.41, 5.74) is -1.06. The predicted octanol–water partition coefficient (Wildman–Crippen LogP) is 3.51. The largest absolute Gasteiger partial charge is 0.416 e. The highest BCUT2D eigenvalue weighted by molar-refractivity contribution is 7.99. The first-order valence-electron chi connectivity index (χ1n) is 6.18. The molecule has 1 aliphatic rings. The van der Waals surface area contributed by atoms with E-state index in [2.05, 4.69) is 9.97 Å². The van der Waals surface area contributed by atoms with Gasteiger partial charge in [0.05, 0.1) is 21.7 Å². The smallest absolute Gasteiger partial charge is 0.309 e. The van der Waals surface area contributed by atoms with Crippen molar-refractivity contribution >= 4 is 22.7 Å². The summed E-state index contributed by atoms with van der Waals surface area (Å²) in [5.74, 6) is 1.46. The highest BCUT2D eigenvalue weighted by Crippen LogP contribution is 2.38. The normalized spacial score (nSPS) is 19.6. The molecule has 1 aromatic heterocycles. The lowest BCUT2D eigenvalue weighted by Crippen LogP contribution is -2.14. The number of nitrogens with zero attached hydrogens (tertiary/aromatic N) is 1. The Hall–Kier alpha value is -1.50. The molecule has 0 bridgehead atoms. The van der Waals surface area contributed by atoms with Gasteiger partial charge in [-0.05, 0) is 36.8 Å². The van der Waals surface area contributed by atoms with Crippen LogP contribution >= 0.6 is 11.8 Å². The van der Waals surface area contributed by atoms with E-state index in [0.29, 0.717) is 5.82 Å². The van der Waals surface area contributed by atoms with E-state index in [1.807, 2.05) is 0 Å². The van der Waals surface area contributed by atoms with E-state index in [1.165, 1.54) is 6.07 Å². The molecule has 106 valence electrons. The lowest BCUT2D eigenvalue weighted by Gasteiger charge is -2.10. The Morgan fingerprint density at radius 2 is 2.15 bits per heavy atom. The van der Waals surface area contributed by atoms with Gasteiger partial charge in [-0.15, -0.1) is 0 Å². The van der Waals surface area contributed by atoms with Crippen LogP contribution in [-0.4, -0.2) is 15.7 Å². The quantitative estimate of drug-likeness (QED) is 0.876. The van der Waals surface area contributed by atoms with Gasteiger partial charge in [0, 0.05) is 0 Å². The van der Waals surface area contributed by atoms with Crippen molar-refractivity contribution in [2.45, 2.75) is 24.3 Å². The summed E-state index contributed by atoms with van der Waals surface area (Å²) >= 11 is 1.67. The molecule has 0 radical (unpaired) electrons. The fraction of sp³-hybridized carbons (Fsp3) is 0.385. The van der Waals surface area contributed by atoms with E-state index in [0.717, 1.165) is 30.7 Å². The van der Waals surface area contributed by atoms with Gasteiger partial charge in [0.1, 0.15) is 5.82 Å². The van der Waals surface area contributed by atoms with Crippen molar-refractivity contribution in [2.75, 3.05) is 5.75 Å². The number of fused-ring (bicyclic) bond motifs is 1. The standard InChI is InChI=1S/C13H11F3N2OS/c14-13(15,16)7-3-4-8-9(6-7)17-11(18-12(8)19)10-2-1-5-20-10/h3-4,6,10H,1-2,5H2,(H,17,18,19)/t10-/m0/s1. The van der Waals surface area contributed by atoms with Gasteiger partial charge in [0.2, 0.25) is 0 Å². The summed E-state index contributed by atoms with van der Waals surface area (Å²) in [5, 5.41) is 0.256. The first-order valence-corrected chi connectivity index (χ1v) is 7.23. The van der Waals surface area contributed by atoms with E-state index >= 15 is 0 Å². The van der Waals surface area contributed by atoms with Crippen molar-refractivity contribution in [2.24, 2.45) is 0 Å². The van der Waals surface area contributed by atoms with Gasteiger partial charge in [-0.2, -0.15) is 24.9 Å². The van der Waals surface area contributed by atoms with Crippen LogP contribution in [0.2, 0.25) is 0 Å². The number of hydrogen-bond acceptors (Lipinski definition) is 3. The van der Waals surface area contributed by atoms with Gasteiger partial charge in [-0.25, -0.2) is 4.98 Å². The predicted molar refractivity (Wildman–Crippen MR) is 71.8 cm³/mol. The van der Waals surface area contributed by atoms with Crippen LogP contribution < -0.4 is 5.56 Å². The van der Waals surface area contributed by atoms with Crippen molar-refractivity contribution in [1.82, 2.24) is 9.97 Å². The Kier molecular flexibility index (Phi) is 3.24. The monoisotopic (exact) mass is 300 g/mol. The molecule has 1 aromatic carbocycles. The number of H-pyrrole nitrogens is 1. The molecule has 1 atom stereocenters. The Balaban J connectivity index is 2.15. The Bertz CT molecular complexity index is 705. The first-order chi connectivity index (χ1) is 9.45. The number of benzene rings is 1. The molecule has 0 spiro atoms. The minimum atomic E-state index is -4.43. The number of aromatic amines is 1. The number of thioether (sulfide) groups is 1. The van der Waals surface area contributed by atoms with Crippen LogP contribution in [0.3, 0.4) is 0 Å². The Morgan fingerprint density at radius 1 is 1.35 bits per heavy atom. The number of rotatable bonds is 1. The average molecular weight is 300 g/mol. The fourth-order valence-electron chi connectivity index (χ4n) is 2.28. The van der Waals surface area contributed by atoms with Crippen LogP contribution in [0.4, 0.5) is 13.2 Å². The lowest BCUT2D eigenvalue weighted by molar-refractivity contribution is -0.137. The lowest BCUT2D eigenvalue weighted by atomic mass is 10.1. The summed E-state index contributed by atoms with van der Waals surface area (Å²) in [7, 11) is 0. The fourth-order valence-corrected chi connectivity index (χ4v) is 3.50. The van der Waals surface area contributed by atoms with Crippen molar-refractivity contribution in [3.63, 3.8) is 0 Å². The zero-order chi connectivity index (χ0) is 14.3. The molecular formula is C13H11F3N2OS. The van der Waals surface area contributed by atoms with Crippen LogP contribution in [0.1, 0.15) is 29.5 Å². The van der Waals surface area contributed by atoms with Crippen molar-refractivity contribution in [1.29, 1.82) is 0 Å². The molecular weight excluding hydrogens is 289 g/mol. The van der Waals surface area contributed by atoms with Crippen LogP contribution in [0.15, 0.2) is 23.0 Å². The zero-order valence-corrected chi connectivity index (χ0v) is 11.1. The minimum Gasteiger partial charge on any atom is -0.309 e. The van der Waals surface area contributed by atoms with Crippen molar-refractivity contribution in [3.8, 4) is 0 Å². The number of halogens is 3. The highest BCUT2D eigenvalue weighted by Gasteiger charge is 2.31. The molecule has 3 rings (SSSR count). The molecule has 1 saturated heterocycles. The topological polar surface area (TPSA) is 45.8 Å². The molecule has 0 amide bonds. The summed E-state index contributed by atoms with van der Waals surface area (Å²) in [6.45, 7) is 0. The molecule has 0 unspecified atom stereocenters. The molecule has 2 aromatic rings. The van der Waals surface area contributed by atoms with Crippen molar-refractivity contribution in [3.05, 3.63) is 39.9 Å². The molecule has 0 aliphatic carbocycles. The van der Waals surface area contributed by atoms with Crippen LogP contribution in [0.5, 0.6) is 0 Å². The van der Waals surface area contributed by atoms with E-state index < -0.39 is 11.7 Å². The van der Waals surface area contributed by atoms with Gasteiger partial charge >= 0.3 is 6.18 Å². The summed E-state index contributed by atoms with van der Waals surface area (Å²) < 4.78 is 38.1. The maximum Gasteiger partial charge on any atom is 0.416 e. The zero-order valence-electron chi connectivity index (χ0n) is 10.3. The third-order valence-electron chi connectivity index (χ3n) is 3.29. The number of alkyl halides is 3. The first kappa shape index (κ1) is 13.5. The van der Waals surface area contributed by atoms with Gasteiger partial charge in [0.15, 0.2) is 0 Å². The Labute approximate surface area is 116 Å². The molecule has 1 fully saturated rings. The minimum absolute atomic E-state index is 0.0710. The maximum absolute atomic E-state index is 12.7. The molecule has 20 heavy (non-hydrogen) atoms. The Morgan fingerprint density at radius 3 is 2.80 bits per heavy atom. The second-order valence-corrected chi connectivity index (χ2v) is 5.99. The molecule has 7 heteroatoms. The molecule has 1 aliphatic heterocycles. The third-order valence-corrected chi connectivity index (χ3v) is 4.67. The second-order valence-electron chi connectivity index (χ2n) is 4.68. The number of aromatic nitrogens is 2. The van der Waals surface area contributed by atoms with Gasteiger partial charge in [-0.3, -0.25) is 4.79 Å². The third kappa shape index (κ3) is 2.42. The molecule has 0 saturated carbocycles. The van der Waals surface area contributed by atoms with Crippen LogP contribution in [0, 0.1) is 0 Å². The van der Waals surface area contributed by atoms with Crippen LogP contribution in [-0.2, 0) is 6.18 Å². The molecule has 2 heterocycles. The van der Waals surface area contributed by atoms with E-state index in [-0.39, 0.29) is 21.7 Å². The van der Waals surface area contributed by atoms with Gasteiger partial charge < -0.3 is 4.98 Å². The van der Waals surface area contributed by atoms with Crippen molar-refractivity contribution < 1.29 is 13.2 Å². The van der Waals surface area contributed by atoms with E-state index in [1.54, 1.807) is 11.8 Å². The summed E-state index contributed by atoms with van der Waals surface area (Å²) in [6.07, 6.45) is -2.52. The van der Waals surface area contributed by atoms with Crippen LogP contribution in [0.25, 0.3) is 10.9 Å². The highest BCUT2D eigenvalue weighted by atomic mass is 32.2. The molecule has 1 N–H and O–H groups in total. The van der Waals surface area contributed by atoms with E-state index in [9.17, 15) is 18.0 Å². The number of hydrogen-bond donors (Lipinski definition) is 1. The number of nitrogens with one attached hydrogen (secondary N) is 1. The summed E-state index contributed by atoms with van der Waals surface area (Å²) in [4.78, 5) is 18.8. The second kappa shape index (κ2) is 4.80. The van der Waals surface area contributed by atoms with Gasteiger partial charge in [0.25, 0.3) is 5.56 Å². The SMILES string of the molecule is O=c1[nH]c([C@@H]2CCCS2)nc2cc(C(F)(F)F)ccc12. The van der Waals surface area contributed by atoms with E-state index in [4.69, 9.17) is 0 Å². The maximum atomic E-state index is 12.7. The summed E-state index contributed by atoms with van der Waals surface area (Å²) in [6, 6.07) is 3.02. The molecule has 3 nitrogen and oxygen atoms in total.